The first kappa shape index (κ1) is 23.6. The van der Waals surface area contributed by atoms with Crippen LogP contribution in [0.5, 0.6) is 5.75 Å². The molecule has 2 amide bonds. The Morgan fingerprint density at radius 3 is 2.61 bits per heavy atom. The number of nitrogens with zero attached hydrogens (tertiary/aromatic N) is 4. The summed E-state index contributed by atoms with van der Waals surface area (Å²) in [7, 11) is 0. The van der Waals surface area contributed by atoms with Gasteiger partial charge >= 0.3 is 0 Å². The van der Waals surface area contributed by atoms with Crippen molar-refractivity contribution in [2.24, 2.45) is 5.92 Å². The highest BCUT2D eigenvalue weighted by Crippen LogP contribution is 2.29. The highest BCUT2D eigenvalue weighted by Gasteiger charge is 2.36. The summed E-state index contributed by atoms with van der Waals surface area (Å²) >= 11 is 6.14. The Bertz CT molecular complexity index is 986. The number of carbonyl (C=O) groups is 2. The Hall–Kier alpha value is -2.54. The molecule has 0 radical (unpaired) electrons. The van der Waals surface area contributed by atoms with Crippen molar-refractivity contribution in [3.05, 3.63) is 46.7 Å². The third-order valence-electron chi connectivity index (χ3n) is 6.68. The molecule has 2 atom stereocenters. The van der Waals surface area contributed by atoms with Gasteiger partial charge in [-0.05, 0) is 57.4 Å². The van der Waals surface area contributed by atoms with Crippen molar-refractivity contribution in [1.29, 1.82) is 0 Å². The van der Waals surface area contributed by atoms with Crippen LogP contribution >= 0.6 is 11.6 Å². The van der Waals surface area contributed by atoms with E-state index in [1.54, 1.807) is 6.07 Å². The van der Waals surface area contributed by atoms with Crippen molar-refractivity contribution in [2.75, 3.05) is 26.2 Å². The minimum atomic E-state index is -0.156. The van der Waals surface area contributed by atoms with Crippen molar-refractivity contribution in [3.63, 3.8) is 0 Å². The summed E-state index contributed by atoms with van der Waals surface area (Å²) < 4.78 is 8.13. The Morgan fingerprint density at radius 2 is 1.91 bits per heavy atom. The Labute approximate surface area is 200 Å². The van der Waals surface area contributed by atoms with E-state index in [1.165, 1.54) is 6.42 Å². The van der Waals surface area contributed by atoms with E-state index in [2.05, 4.69) is 5.10 Å². The van der Waals surface area contributed by atoms with Crippen molar-refractivity contribution in [2.45, 2.75) is 58.6 Å². The van der Waals surface area contributed by atoms with Gasteiger partial charge in [0.25, 0.3) is 5.91 Å². The maximum Gasteiger partial charge on any atom is 0.274 e. The maximum atomic E-state index is 13.2. The number of amides is 2. The lowest BCUT2D eigenvalue weighted by atomic mass is 9.90. The highest BCUT2D eigenvalue weighted by molar-refractivity contribution is 6.30. The van der Waals surface area contributed by atoms with Gasteiger partial charge in [-0.1, -0.05) is 17.7 Å². The summed E-state index contributed by atoms with van der Waals surface area (Å²) in [5, 5.41) is 5.08. The van der Waals surface area contributed by atoms with Crippen LogP contribution in [0.25, 0.3) is 0 Å². The number of carbonyl (C=O) groups excluding carboxylic acids is 2. The Kier molecular flexibility index (Phi) is 7.58. The lowest BCUT2D eigenvalue weighted by molar-refractivity contribution is -0.134. The first-order chi connectivity index (χ1) is 15.9. The molecule has 2 aliphatic rings. The number of rotatable bonds is 6. The number of aromatic nitrogens is 2. The summed E-state index contributed by atoms with van der Waals surface area (Å²) in [5.41, 5.74) is 1.43. The minimum Gasteiger partial charge on any atom is -0.490 e. The topological polar surface area (TPSA) is 67.7 Å². The van der Waals surface area contributed by atoms with Crippen molar-refractivity contribution in [1.82, 2.24) is 19.6 Å². The van der Waals surface area contributed by atoms with Crippen LogP contribution in [-0.4, -0.2) is 63.7 Å². The average Bonchev–Trinajstić information content (AvgIpc) is 3.21. The van der Waals surface area contributed by atoms with Gasteiger partial charge in [-0.25, -0.2) is 0 Å². The van der Waals surface area contributed by atoms with Crippen LogP contribution in [0.2, 0.25) is 5.02 Å². The van der Waals surface area contributed by atoms with Crippen LogP contribution in [0.1, 0.15) is 55.2 Å². The largest absolute Gasteiger partial charge is 0.490 e. The molecule has 0 unspecified atom stereocenters. The molecule has 2 fully saturated rings. The molecule has 0 aliphatic carbocycles. The number of hydrogen-bond acceptors (Lipinski definition) is 4. The van der Waals surface area contributed by atoms with Gasteiger partial charge in [-0.3, -0.25) is 14.3 Å². The predicted octanol–water partition coefficient (Wildman–Crippen LogP) is 4.18. The molecule has 3 heterocycles. The Morgan fingerprint density at radius 1 is 1.12 bits per heavy atom. The summed E-state index contributed by atoms with van der Waals surface area (Å²) in [5.74, 6) is 0.673. The molecular weight excluding hydrogens is 440 g/mol. The number of halogens is 1. The summed E-state index contributed by atoms with van der Waals surface area (Å²) in [6, 6.07) is 9.19. The number of aryl methyl sites for hydroxylation is 2. The molecule has 2 aliphatic heterocycles. The van der Waals surface area contributed by atoms with Gasteiger partial charge < -0.3 is 14.5 Å². The van der Waals surface area contributed by atoms with Crippen LogP contribution in [0.3, 0.4) is 0 Å². The van der Waals surface area contributed by atoms with Gasteiger partial charge in [0.2, 0.25) is 5.91 Å². The van der Waals surface area contributed by atoms with Gasteiger partial charge in [-0.2, -0.15) is 5.10 Å². The third-order valence-corrected chi connectivity index (χ3v) is 6.92. The Balaban J connectivity index is 1.50. The lowest BCUT2D eigenvalue weighted by Crippen LogP contribution is -2.50. The molecule has 33 heavy (non-hydrogen) atoms. The SMILES string of the molecule is CCn1nc(C(=O)N2CC[C@H](Oc3cccc(Cl)c3)[C@@H](CC(=O)N3CCCCC3)C2)cc1C. The smallest absolute Gasteiger partial charge is 0.274 e. The maximum absolute atomic E-state index is 13.2. The third kappa shape index (κ3) is 5.69. The van der Waals surface area contributed by atoms with Crippen LogP contribution in [0, 0.1) is 12.8 Å². The van der Waals surface area contributed by atoms with Gasteiger partial charge in [0.15, 0.2) is 5.69 Å². The minimum absolute atomic E-state index is 0.0815. The summed E-state index contributed by atoms with van der Waals surface area (Å²) in [6.45, 7) is 7.37. The van der Waals surface area contributed by atoms with E-state index in [9.17, 15) is 9.59 Å². The van der Waals surface area contributed by atoms with Crippen molar-refractivity contribution < 1.29 is 14.3 Å². The van der Waals surface area contributed by atoms with Crippen LogP contribution in [0.15, 0.2) is 30.3 Å². The zero-order valence-electron chi connectivity index (χ0n) is 19.5. The summed E-state index contributed by atoms with van der Waals surface area (Å²) in [6.07, 6.45) is 4.17. The van der Waals surface area contributed by atoms with Gasteiger partial charge in [0.05, 0.1) is 0 Å². The van der Waals surface area contributed by atoms with E-state index in [0.717, 1.165) is 38.2 Å². The van der Waals surface area contributed by atoms with E-state index < -0.39 is 0 Å². The summed E-state index contributed by atoms with van der Waals surface area (Å²) in [4.78, 5) is 30.1. The average molecular weight is 473 g/mol. The van der Waals surface area contributed by atoms with Gasteiger partial charge in [-0.15, -0.1) is 0 Å². The molecule has 2 saturated heterocycles. The van der Waals surface area contributed by atoms with E-state index in [1.807, 2.05) is 52.6 Å². The van der Waals surface area contributed by atoms with Crippen molar-refractivity contribution in [3.8, 4) is 5.75 Å². The van der Waals surface area contributed by atoms with E-state index >= 15 is 0 Å². The molecule has 0 spiro atoms. The second kappa shape index (κ2) is 10.6. The first-order valence-corrected chi connectivity index (χ1v) is 12.4. The van der Waals surface area contributed by atoms with E-state index in [4.69, 9.17) is 16.3 Å². The molecule has 0 bridgehead atoms. The molecule has 0 N–H and O–H groups in total. The van der Waals surface area contributed by atoms with E-state index in [0.29, 0.717) is 42.4 Å². The predicted molar refractivity (Wildman–Crippen MR) is 128 cm³/mol. The normalized spacial score (nSPS) is 21.2. The first-order valence-electron chi connectivity index (χ1n) is 12.0. The number of benzene rings is 1. The van der Waals surface area contributed by atoms with Crippen molar-refractivity contribution >= 4 is 23.4 Å². The monoisotopic (exact) mass is 472 g/mol. The molecule has 4 rings (SSSR count). The quantitative estimate of drug-likeness (QED) is 0.632. The second-order valence-electron chi connectivity index (χ2n) is 9.05. The second-order valence-corrected chi connectivity index (χ2v) is 9.48. The molecule has 7 nitrogen and oxygen atoms in total. The standard InChI is InChI=1S/C25H33ClN4O3/c1-3-30-18(2)14-22(27-30)25(32)29-13-10-23(33-21-9-7-8-20(26)16-21)19(17-29)15-24(31)28-11-5-4-6-12-28/h7-9,14,16,19,23H,3-6,10-13,15,17H2,1-2H3/t19-,23-/m0/s1. The number of ether oxygens (including phenoxy) is 1. The highest BCUT2D eigenvalue weighted by atomic mass is 35.5. The lowest BCUT2D eigenvalue weighted by Gasteiger charge is -2.39. The zero-order valence-corrected chi connectivity index (χ0v) is 20.3. The van der Waals surface area contributed by atoms with Gasteiger partial charge in [0.1, 0.15) is 11.9 Å². The van der Waals surface area contributed by atoms with Crippen LogP contribution < -0.4 is 4.74 Å². The fraction of sp³-hybridized carbons (Fsp3) is 0.560. The van der Waals surface area contributed by atoms with Crippen LogP contribution in [-0.2, 0) is 11.3 Å². The molecule has 1 aromatic carbocycles. The zero-order chi connectivity index (χ0) is 23.4. The number of hydrogen-bond donors (Lipinski definition) is 0. The molecule has 0 saturated carbocycles. The molecule has 8 heteroatoms. The fourth-order valence-electron chi connectivity index (χ4n) is 4.85. The van der Waals surface area contributed by atoms with Crippen LogP contribution in [0.4, 0.5) is 0 Å². The number of piperidine rings is 2. The molecular formula is C25H33ClN4O3. The molecule has 178 valence electrons. The molecule has 1 aromatic heterocycles. The molecule has 2 aromatic rings. The van der Waals surface area contributed by atoms with Gasteiger partial charge in [0, 0.05) is 62.2 Å². The fourth-order valence-corrected chi connectivity index (χ4v) is 5.04. The number of likely N-dealkylation sites (tertiary alicyclic amines) is 2. The van der Waals surface area contributed by atoms with E-state index in [-0.39, 0.29) is 23.8 Å².